The van der Waals surface area contributed by atoms with Crippen molar-refractivity contribution in [1.82, 2.24) is 15.8 Å². The van der Waals surface area contributed by atoms with E-state index < -0.39 is 5.97 Å². The third kappa shape index (κ3) is 3.72. The Kier molecular flexibility index (Phi) is 4.26. The molecule has 1 aromatic heterocycles. The molecule has 0 saturated heterocycles. The predicted molar refractivity (Wildman–Crippen MR) is 70.1 cm³/mol. The van der Waals surface area contributed by atoms with Gasteiger partial charge in [-0.1, -0.05) is 5.16 Å². The summed E-state index contributed by atoms with van der Waals surface area (Å²) in [6.07, 6.45) is 1.91. The Hall–Kier alpha value is -2.05. The minimum Gasteiger partial charge on any atom is -0.481 e. The standard InChI is InChI=1S/C13H19N3O4/c1-7-10(8(2)20-16-7)6-14-13(19)15-11(5-12(17)18)9-3-4-9/h9,11H,3-6H2,1-2H3,(H,17,18)(H2,14,15,19). The lowest BCUT2D eigenvalue weighted by Crippen LogP contribution is -2.43. The van der Waals surface area contributed by atoms with Gasteiger partial charge < -0.3 is 20.3 Å². The Labute approximate surface area is 116 Å². The molecule has 1 saturated carbocycles. The topological polar surface area (TPSA) is 104 Å². The minimum absolute atomic E-state index is 0.0383. The lowest BCUT2D eigenvalue weighted by Gasteiger charge is -2.16. The van der Waals surface area contributed by atoms with E-state index in [0.29, 0.717) is 12.3 Å². The highest BCUT2D eigenvalue weighted by Crippen LogP contribution is 2.33. The molecule has 2 amide bonds. The number of rotatable bonds is 6. The van der Waals surface area contributed by atoms with Gasteiger partial charge in [-0.25, -0.2) is 4.79 Å². The molecule has 7 heteroatoms. The van der Waals surface area contributed by atoms with Crippen LogP contribution in [0.5, 0.6) is 0 Å². The Morgan fingerprint density at radius 2 is 2.15 bits per heavy atom. The molecule has 1 fully saturated rings. The van der Waals surface area contributed by atoms with Gasteiger partial charge in [0.1, 0.15) is 5.76 Å². The highest BCUT2D eigenvalue weighted by atomic mass is 16.5. The number of carbonyl (C=O) groups is 2. The van der Waals surface area contributed by atoms with Gasteiger partial charge in [0.15, 0.2) is 0 Å². The Bertz CT molecular complexity index is 488. The van der Waals surface area contributed by atoms with Crippen LogP contribution < -0.4 is 10.6 Å². The molecule has 1 aliphatic rings. The van der Waals surface area contributed by atoms with E-state index in [1.54, 1.807) is 6.92 Å². The second-order valence-corrected chi connectivity index (χ2v) is 5.17. The van der Waals surface area contributed by atoms with Crippen LogP contribution in [0.15, 0.2) is 4.52 Å². The number of amides is 2. The van der Waals surface area contributed by atoms with Crippen molar-refractivity contribution < 1.29 is 19.2 Å². The average molecular weight is 281 g/mol. The maximum Gasteiger partial charge on any atom is 0.315 e. The molecule has 0 spiro atoms. The number of hydrogen-bond donors (Lipinski definition) is 3. The number of nitrogens with zero attached hydrogens (tertiary/aromatic N) is 1. The van der Waals surface area contributed by atoms with Crippen LogP contribution in [0.1, 0.15) is 36.3 Å². The van der Waals surface area contributed by atoms with Crippen LogP contribution >= 0.6 is 0 Å². The van der Waals surface area contributed by atoms with Gasteiger partial charge in [-0.15, -0.1) is 0 Å². The molecule has 20 heavy (non-hydrogen) atoms. The quantitative estimate of drug-likeness (QED) is 0.730. The normalized spacial score (nSPS) is 15.7. The van der Waals surface area contributed by atoms with E-state index in [2.05, 4.69) is 15.8 Å². The van der Waals surface area contributed by atoms with Crippen molar-refractivity contribution in [3.63, 3.8) is 0 Å². The first-order chi connectivity index (χ1) is 9.47. The van der Waals surface area contributed by atoms with E-state index >= 15 is 0 Å². The van der Waals surface area contributed by atoms with Crippen molar-refractivity contribution in [2.24, 2.45) is 5.92 Å². The van der Waals surface area contributed by atoms with E-state index in [1.165, 1.54) is 0 Å². The van der Waals surface area contributed by atoms with Crippen LogP contribution in [-0.4, -0.2) is 28.3 Å². The molecule has 0 aliphatic heterocycles. The molecule has 0 aromatic carbocycles. The summed E-state index contributed by atoms with van der Waals surface area (Å²) in [5.74, 6) is 0.0657. The summed E-state index contributed by atoms with van der Waals surface area (Å²) >= 11 is 0. The van der Waals surface area contributed by atoms with Crippen LogP contribution in [0.25, 0.3) is 0 Å². The number of hydrogen-bond acceptors (Lipinski definition) is 4. The Morgan fingerprint density at radius 3 is 2.65 bits per heavy atom. The van der Waals surface area contributed by atoms with Gasteiger partial charge in [0.25, 0.3) is 0 Å². The van der Waals surface area contributed by atoms with Crippen LogP contribution in [-0.2, 0) is 11.3 Å². The summed E-state index contributed by atoms with van der Waals surface area (Å²) in [4.78, 5) is 22.6. The Morgan fingerprint density at radius 1 is 1.45 bits per heavy atom. The fraction of sp³-hybridized carbons (Fsp3) is 0.615. The van der Waals surface area contributed by atoms with Crippen molar-refractivity contribution in [1.29, 1.82) is 0 Å². The van der Waals surface area contributed by atoms with Crippen LogP contribution in [0.2, 0.25) is 0 Å². The van der Waals surface area contributed by atoms with Crippen molar-refractivity contribution >= 4 is 12.0 Å². The smallest absolute Gasteiger partial charge is 0.315 e. The van der Waals surface area contributed by atoms with Gasteiger partial charge in [-0.05, 0) is 32.6 Å². The van der Waals surface area contributed by atoms with E-state index in [9.17, 15) is 9.59 Å². The molecular weight excluding hydrogens is 262 g/mol. The SMILES string of the molecule is Cc1noc(C)c1CNC(=O)NC(CC(=O)O)C1CC1. The number of aliphatic carboxylic acids is 1. The van der Waals surface area contributed by atoms with Crippen LogP contribution in [0.4, 0.5) is 4.79 Å². The molecule has 7 nitrogen and oxygen atoms in total. The summed E-state index contributed by atoms with van der Waals surface area (Å²) in [6.45, 7) is 3.91. The van der Waals surface area contributed by atoms with Crippen LogP contribution in [0, 0.1) is 19.8 Å². The summed E-state index contributed by atoms with van der Waals surface area (Å²) in [7, 11) is 0. The summed E-state index contributed by atoms with van der Waals surface area (Å²) in [6, 6.07) is -0.652. The first kappa shape index (κ1) is 14.4. The number of carbonyl (C=O) groups excluding carboxylic acids is 1. The van der Waals surface area contributed by atoms with E-state index in [0.717, 1.165) is 24.1 Å². The fourth-order valence-corrected chi connectivity index (χ4v) is 2.16. The summed E-state index contributed by atoms with van der Waals surface area (Å²) in [5.41, 5.74) is 1.59. The predicted octanol–water partition coefficient (Wildman–Crippen LogP) is 1.34. The number of carboxylic acid groups (broad SMARTS) is 1. The first-order valence-electron chi connectivity index (χ1n) is 6.65. The number of urea groups is 1. The third-order valence-electron chi connectivity index (χ3n) is 3.51. The Balaban J connectivity index is 1.83. The lowest BCUT2D eigenvalue weighted by atomic mass is 10.1. The molecule has 1 unspecified atom stereocenters. The van der Waals surface area contributed by atoms with Crippen molar-refractivity contribution in [3.8, 4) is 0 Å². The van der Waals surface area contributed by atoms with Crippen molar-refractivity contribution in [3.05, 3.63) is 17.0 Å². The van der Waals surface area contributed by atoms with Crippen molar-refractivity contribution in [2.45, 2.75) is 45.7 Å². The highest BCUT2D eigenvalue weighted by Gasteiger charge is 2.33. The number of nitrogens with one attached hydrogen (secondary N) is 2. The van der Waals surface area contributed by atoms with E-state index in [4.69, 9.17) is 9.63 Å². The molecule has 0 bridgehead atoms. The second kappa shape index (κ2) is 5.94. The van der Waals surface area contributed by atoms with Gasteiger partial charge in [0.05, 0.1) is 12.1 Å². The van der Waals surface area contributed by atoms with Gasteiger partial charge in [-0.3, -0.25) is 4.79 Å². The fourth-order valence-electron chi connectivity index (χ4n) is 2.16. The van der Waals surface area contributed by atoms with Gasteiger partial charge >= 0.3 is 12.0 Å². The maximum atomic E-state index is 11.8. The summed E-state index contributed by atoms with van der Waals surface area (Å²) in [5, 5.41) is 18.1. The highest BCUT2D eigenvalue weighted by molar-refractivity contribution is 5.75. The van der Waals surface area contributed by atoms with Crippen LogP contribution in [0.3, 0.4) is 0 Å². The number of aryl methyl sites for hydroxylation is 2. The third-order valence-corrected chi connectivity index (χ3v) is 3.51. The van der Waals surface area contributed by atoms with Crippen molar-refractivity contribution in [2.75, 3.05) is 0 Å². The molecule has 1 aromatic rings. The van der Waals surface area contributed by atoms with Gasteiger partial charge in [0.2, 0.25) is 0 Å². The zero-order valence-electron chi connectivity index (χ0n) is 11.6. The number of carboxylic acids is 1. The van der Waals surface area contributed by atoms with E-state index in [1.807, 2.05) is 6.92 Å². The monoisotopic (exact) mass is 281 g/mol. The first-order valence-corrected chi connectivity index (χ1v) is 6.65. The van der Waals surface area contributed by atoms with E-state index in [-0.39, 0.29) is 24.4 Å². The van der Waals surface area contributed by atoms with Gasteiger partial charge in [0, 0.05) is 18.2 Å². The largest absolute Gasteiger partial charge is 0.481 e. The second-order valence-electron chi connectivity index (χ2n) is 5.17. The zero-order chi connectivity index (χ0) is 14.7. The maximum absolute atomic E-state index is 11.8. The molecule has 2 rings (SSSR count). The van der Waals surface area contributed by atoms with Gasteiger partial charge in [-0.2, -0.15) is 0 Å². The average Bonchev–Trinajstić information content (AvgIpc) is 3.15. The zero-order valence-corrected chi connectivity index (χ0v) is 11.6. The minimum atomic E-state index is -0.895. The molecule has 1 aliphatic carbocycles. The lowest BCUT2D eigenvalue weighted by molar-refractivity contribution is -0.137. The molecule has 3 N–H and O–H groups in total. The molecule has 1 atom stereocenters. The summed E-state index contributed by atoms with van der Waals surface area (Å²) < 4.78 is 5.01. The molecular formula is C13H19N3O4. The molecule has 0 radical (unpaired) electrons. The molecule has 110 valence electrons. The number of aromatic nitrogens is 1. The molecule has 1 heterocycles.